The number of allylic oxidation sites excluding steroid dienone is 4. The van der Waals surface area contributed by atoms with E-state index in [0.29, 0.717) is 30.9 Å². The number of amides is 2. The Morgan fingerprint density at radius 3 is 1.86 bits per heavy atom. The van der Waals surface area contributed by atoms with Gasteiger partial charge in [0.25, 0.3) is 11.8 Å². The standard InChI is InChI=1S/C32H29NO9.C2H6/c1-4-26(42-32(38)24-11-16-27(17-12-24)39-20-6-7-21-40-30(36)5-2)15-8-22(3)41-31(37)23-9-13-25(14-10-23)33-28(34)18-19-29(33)35;1-2/h4-5,8-19H,1-2,6-7,20-21H2,3H3;1-2H3/b22-8+,26-15+;. The van der Waals surface area contributed by atoms with Crippen LogP contribution in [0.25, 0.3) is 0 Å². The van der Waals surface area contributed by atoms with Gasteiger partial charge in [0.15, 0.2) is 0 Å². The molecule has 2 amide bonds. The molecule has 0 aromatic heterocycles. The molecule has 0 spiro atoms. The average Bonchev–Trinajstić information content (AvgIpc) is 3.38. The van der Waals surface area contributed by atoms with Crippen LogP contribution in [0.4, 0.5) is 5.69 Å². The maximum absolute atomic E-state index is 12.6. The number of anilines is 1. The molecule has 1 aliphatic rings. The van der Waals surface area contributed by atoms with Crippen LogP contribution in [0.15, 0.2) is 110 Å². The lowest BCUT2D eigenvalue weighted by atomic mass is 10.2. The highest BCUT2D eigenvalue weighted by atomic mass is 16.5. The normalized spacial score (nSPS) is 12.6. The van der Waals surface area contributed by atoms with Crippen molar-refractivity contribution < 1.29 is 42.9 Å². The van der Waals surface area contributed by atoms with E-state index < -0.39 is 29.7 Å². The van der Waals surface area contributed by atoms with E-state index in [4.69, 9.17) is 18.9 Å². The first-order chi connectivity index (χ1) is 21.2. The van der Waals surface area contributed by atoms with Crippen molar-refractivity contribution >= 4 is 35.4 Å². The topological polar surface area (TPSA) is 126 Å². The van der Waals surface area contributed by atoms with Crippen LogP contribution in [0, 0.1) is 0 Å². The molecule has 0 radical (unpaired) electrons. The van der Waals surface area contributed by atoms with Crippen molar-refractivity contribution in [2.75, 3.05) is 18.1 Å². The van der Waals surface area contributed by atoms with Crippen molar-refractivity contribution in [2.45, 2.75) is 33.6 Å². The molecular weight excluding hydrogens is 566 g/mol. The molecule has 0 N–H and O–H groups in total. The number of ether oxygens (including phenoxy) is 4. The zero-order chi connectivity index (χ0) is 32.5. The van der Waals surface area contributed by atoms with Crippen LogP contribution in [0.5, 0.6) is 5.75 Å². The zero-order valence-electron chi connectivity index (χ0n) is 24.9. The van der Waals surface area contributed by atoms with Crippen molar-refractivity contribution in [3.05, 3.63) is 121 Å². The SMILES string of the molecule is C=CC(=O)OCCCCOc1ccc(C(=O)O/C(C=C)=C/C=C(\C)OC(=O)c2ccc(N3C(=O)C=CC3=O)cc2)cc1.CC. The molecule has 2 aromatic rings. The Morgan fingerprint density at radius 1 is 0.750 bits per heavy atom. The molecule has 10 heteroatoms. The van der Waals surface area contributed by atoms with E-state index in [-0.39, 0.29) is 29.3 Å². The molecule has 0 unspecified atom stereocenters. The monoisotopic (exact) mass is 601 g/mol. The predicted molar refractivity (Wildman–Crippen MR) is 165 cm³/mol. The fourth-order valence-electron chi connectivity index (χ4n) is 3.46. The molecule has 0 saturated heterocycles. The van der Waals surface area contributed by atoms with Crippen molar-refractivity contribution in [2.24, 2.45) is 0 Å². The minimum Gasteiger partial charge on any atom is -0.494 e. The van der Waals surface area contributed by atoms with Gasteiger partial charge in [0, 0.05) is 18.2 Å². The predicted octanol–water partition coefficient (Wildman–Crippen LogP) is 6.02. The number of rotatable bonds is 14. The Bertz CT molecular complexity index is 1430. The summed E-state index contributed by atoms with van der Waals surface area (Å²) in [6, 6.07) is 12.2. The summed E-state index contributed by atoms with van der Waals surface area (Å²) in [5.74, 6) is -1.74. The van der Waals surface area contributed by atoms with Gasteiger partial charge in [-0.25, -0.2) is 19.3 Å². The summed E-state index contributed by atoms with van der Waals surface area (Å²) in [6.07, 6.45) is 8.98. The van der Waals surface area contributed by atoms with Gasteiger partial charge in [0.2, 0.25) is 0 Å². The Balaban J connectivity index is 0.00000330. The smallest absolute Gasteiger partial charge is 0.343 e. The minimum atomic E-state index is -0.656. The number of carbonyl (C=O) groups is 5. The lowest BCUT2D eigenvalue weighted by molar-refractivity contribution is -0.137. The van der Waals surface area contributed by atoms with Gasteiger partial charge in [-0.2, -0.15) is 0 Å². The van der Waals surface area contributed by atoms with E-state index in [1.807, 2.05) is 13.8 Å². The van der Waals surface area contributed by atoms with Gasteiger partial charge in [0.1, 0.15) is 17.3 Å². The van der Waals surface area contributed by atoms with Crippen LogP contribution in [-0.2, 0) is 28.6 Å². The molecule has 44 heavy (non-hydrogen) atoms. The van der Waals surface area contributed by atoms with Crippen molar-refractivity contribution in [1.82, 2.24) is 0 Å². The third-order valence-corrected chi connectivity index (χ3v) is 5.63. The minimum absolute atomic E-state index is 0.130. The molecule has 230 valence electrons. The summed E-state index contributed by atoms with van der Waals surface area (Å²) in [5.41, 5.74) is 0.830. The van der Waals surface area contributed by atoms with Crippen LogP contribution in [-0.4, -0.2) is 42.9 Å². The van der Waals surface area contributed by atoms with E-state index >= 15 is 0 Å². The number of imide groups is 1. The molecule has 1 aliphatic heterocycles. The lowest BCUT2D eigenvalue weighted by Crippen LogP contribution is -2.29. The molecule has 1 heterocycles. The fourth-order valence-corrected chi connectivity index (χ4v) is 3.46. The molecule has 0 fully saturated rings. The average molecular weight is 602 g/mol. The molecule has 0 atom stereocenters. The number of hydrogen-bond donors (Lipinski definition) is 0. The third kappa shape index (κ3) is 10.7. The number of benzene rings is 2. The Hall–Kier alpha value is -5.51. The van der Waals surface area contributed by atoms with Crippen molar-refractivity contribution in [1.29, 1.82) is 0 Å². The van der Waals surface area contributed by atoms with Crippen LogP contribution < -0.4 is 9.64 Å². The van der Waals surface area contributed by atoms with Crippen LogP contribution in [0.3, 0.4) is 0 Å². The van der Waals surface area contributed by atoms with E-state index in [0.717, 1.165) is 11.0 Å². The summed E-state index contributed by atoms with van der Waals surface area (Å²) >= 11 is 0. The van der Waals surface area contributed by atoms with Gasteiger partial charge in [0.05, 0.1) is 30.0 Å². The highest BCUT2D eigenvalue weighted by molar-refractivity contribution is 6.28. The zero-order valence-corrected chi connectivity index (χ0v) is 24.9. The van der Waals surface area contributed by atoms with Crippen molar-refractivity contribution in [3.63, 3.8) is 0 Å². The summed E-state index contributed by atoms with van der Waals surface area (Å²) in [7, 11) is 0. The molecule has 0 bridgehead atoms. The van der Waals surface area contributed by atoms with E-state index in [1.54, 1.807) is 31.2 Å². The highest BCUT2D eigenvalue weighted by Crippen LogP contribution is 2.20. The Kier molecular flexibility index (Phi) is 14.3. The van der Waals surface area contributed by atoms with Gasteiger partial charge in [-0.3, -0.25) is 9.59 Å². The number of nitrogens with zero attached hydrogens (tertiary/aromatic N) is 1. The van der Waals surface area contributed by atoms with E-state index in [9.17, 15) is 24.0 Å². The highest BCUT2D eigenvalue weighted by Gasteiger charge is 2.25. The molecule has 3 rings (SSSR count). The molecule has 2 aromatic carbocycles. The first-order valence-electron chi connectivity index (χ1n) is 13.9. The number of hydrogen-bond acceptors (Lipinski definition) is 9. The second kappa shape index (κ2) is 18.1. The van der Waals surface area contributed by atoms with Crippen molar-refractivity contribution in [3.8, 4) is 5.75 Å². The number of esters is 3. The molecular formula is C34H35NO9. The first kappa shape index (κ1) is 34.7. The Morgan fingerprint density at radius 2 is 1.30 bits per heavy atom. The summed E-state index contributed by atoms with van der Waals surface area (Å²) in [4.78, 5) is 60.6. The summed E-state index contributed by atoms with van der Waals surface area (Å²) < 4.78 is 21.2. The summed E-state index contributed by atoms with van der Waals surface area (Å²) in [6.45, 7) is 13.2. The van der Waals surface area contributed by atoms with E-state index in [2.05, 4.69) is 13.2 Å². The maximum atomic E-state index is 12.6. The fraction of sp³-hybridized carbons (Fsp3) is 0.206. The largest absolute Gasteiger partial charge is 0.494 e. The van der Waals surface area contributed by atoms with Gasteiger partial charge in [-0.15, -0.1) is 0 Å². The number of carbonyl (C=O) groups excluding carboxylic acids is 5. The van der Waals surface area contributed by atoms with Gasteiger partial charge >= 0.3 is 17.9 Å². The molecule has 10 nitrogen and oxygen atoms in total. The van der Waals surface area contributed by atoms with Gasteiger partial charge in [-0.05, 0) is 86.5 Å². The summed E-state index contributed by atoms with van der Waals surface area (Å²) in [5, 5.41) is 0. The third-order valence-electron chi connectivity index (χ3n) is 5.63. The second-order valence-electron chi connectivity index (χ2n) is 8.67. The van der Waals surface area contributed by atoms with E-state index in [1.165, 1.54) is 54.6 Å². The Labute approximate surface area is 256 Å². The second-order valence-corrected chi connectivity index (χ2v) is 8.67. The quantitative estimate of drug-likeness (QED) is 0.0486. The molecule has 0 aliphatic carbocycles. The number of unbranched alkanes of at least 4 members (excludes halogenated alkanes) is 1. The van der Waals surface area contributed by atoms with Gasteiger partial charge < -0.3 is 18.9 Å². The first-order valence-corrected chi connectivity index (χ1v) is 13.9. The van der Waals surface area contributed by atoms with Crippen LogP contribution in [0.1, 0.15) is 54.3 Å². The maximum Gasteiger partial charge on any atom is 0.343 e. The lowest BCUT2D eigenvalue weighted by Gasteiger charge is -2.14. The van der Waals surface area contributed by atoms with Crippen LogP contribution in [0.2, 0.25) is 0 Å². The molecule has 0 saturated carbocycles. The van der Waals surface area contributed by atoms with Gasteiger partial charge in [-0.1, -0.05) is 27.0 Å². The van der Waals surface area contributed by atoms with Crippen LogP contribution >= 0.6 is 0 Å².